The number of para-hydroxylation sites is 2. The number of nitrogens with one attached hydrogen (secondary N) is 3. The molecule has 0 saturated carbocycles. The third-order valence-corrected chi connectivity index (χ3v) is 5.33. The first kappa shape index (κ1) is 20.1. The van der Waals surface area contributed by atoms with Crippen LogP contribution in [0.25, 0.3) is 11.2 Å². The number of aryl methyl sites for hydroxylation is 1. The molecule has 3 N–H and O–H groups in total. The Balaban J connectivity index is 1.43. The average Bonchev–Trinajstić information content (AvgIpc) is 3.21. The molecule has 1 aliphatic rings. The summed E-state index contributed by atoms with van der Waals surface area (Å²) in [6, 6.07) is 13.7. The van der Waals surface area contributed by atoms with Gasteiger partial charge in [-0.1, -0.05) is 12.1 Å². The molecule has 0 radical (unpaired) electrons. The molecule has 32 heavy (non-hydrogen) atoms. The molecular formula is C23H25N7O2. The number of benzene rings is 1. The summed E-state index contributed by atoms with van der Waals surface area (Å²) in [7, 11) is 1.65. The molecule has 164 valence electrons. The van der Waals surface area contributed by atoms with Gasteiger partial charge < -0.3 is 30.0 Å². The molecule has 4 aromatic rings. The van der Waals surface area contributed by atoms with Gasteiger partial charge >= 0.3 is 0 Å². The number of aromatic amines is 1. The number of H-pyrrole nitrogens is 1. The van der Waals surface area contributed by atoms with E-state index in [2.05, 4.69) is 41.5 Å². The number of nitrogens with zero attached hydrogens (tertiary/aromatic N) is 4. The molecular weight excluding hydrogens is 406 g/mol. The van der Waals surface area contributed by atoms with Crippen molar-refractivity contribution >= 4 is 39.9 Å². The SMILES string of the molecule is COc1ccccc1Nc1cc(Nc2ccc(N3CCOCC3)cn2)nc2[nH]c(C)nc12. The number of anilines is 5. The lowest BCUT2D eigenvalue weighted by atomic mass is 10.2. The lowest BCUT2D eigenvalue weighted by Crippen LogP contribution is -2.36. The fourth-order valence-corrected chi connectivity index (χ4v) is 3.76. The molecule has 4 heterocycles. The van der Waals surface area contributed by atoms with E-state index in [-0.39, 0.29) is 0 Å². The number of ether oxygens (including phenoxy) is 2. The zero-order valence-electron chi connectivity index (χ0n) is 18.1. The van der Waals surface area contributed by atoms with Crippen LogP contribution < -0.4 is 20.3 Å². The van der Waals surface area contributed by atoms with Gasteiger partial charge in [-0.3, -0.25) is 0 Å². The summed E-state index contributed by atoms with van der Waals surface area (Å²) < 4.78 is 10.9. The first-order valence-electron chi connectivity index (χ1n) is 10.5. The molecule has 0 amide bonds. The van der Waals surface area contributed by atoms with Crippen LogP contribution >= 0.6 is 0 Å². The first-order valence-corrected chi connectivity index (χ1v) is 10.5. The van der Waals surface area contributed by atoms with Crippen LogP contribution in [0.1, 0.15) is 5.82 Å². The van der Waals surface area contributed by atoms with Crippen molar-refractivity contribution in [2.75, 3.05) is 48.9 Å². The first-order chi connectivity index (χ1) is 15.7. The van der Waals surface area contributed by atoms with E-state index in [0.29, 0.717) is 17.3 Å². The second kappa shape index (κ2) is 8.72. The molecule has 5 rings (SSSR count). The fourth-order valence-electron chi connectivity index (χ4n) is 3.76. The number of hydrogen-bond donors (Lipinski definition) is 3. The third-order valence-electron chi connectivity index (χ3n) is 5.33. The zero-order chi connectivity index (χ0) is 21.9. The molecule has 9 nitrogen and oxygen atoms in total. The number of fused-ring (bicyclic) bond motifs is 1. The summed E-state index contributed by atoms with van der Waals surface area (Å²) in [5, 5.41) is 6.74. The summed E-state index contributed by atoms with van der Waals surface area (Å²) in [6.07, 6.45) is 1.88. The van der Waals surface area contributed by atoms with Crippen LogP contribution in [0.3, 0.4) is 0 Å². The Morgan fingerprint density at radius 3 is 2.62 bits per heavy atom. The third kappa shape index (κ3) is 4.15. The molecule has 9 heteroatoms. The summed E-state index contributed by atoms with van der Waals surface area (Å²) in [6.45, 7) is 5.16. The normalized spacial score (nSPS) is 13.9. The minimum atomic E-state index is 0.658. The smallest absolute Gasteiger partial charge is 0.161 e. The molecule has 0 atom stereocenters. The van der Waals surface area contributed by atoms with Crippen LogP contribution in [0.4, 0.5) is 28.7 Å². The molecule has 0 aliphatic carbocycles. The molecule has 0 bridgehead atoms. The zero-order valence-corrected chi connectivity index (χ0v) is 18.1. The fraction of sp³-hybridized carbons (Fsp3) is 0.261. The Morgan fingerprint density at radius 1 is 1.00 bits per heavy atom. The topological polar surface area (TPSA) is 100 Å². The number of pyridine rings is 2. The monoisotopic (exact) mass is 431 g/mol. The number of methoxy groups -OCH3 is 1. The lowest BCUT2D eigenvalue weighted by molar-refractivity contribution is 0.122. The van der Waals surface area contributed by atoms with Crippen molar-refractivity contribution in [3.05, 3.63) is 54.5 Å². The Morgan fingerprint density at radius 2 is 1.84 bits per heavy atom. The van der Waals surface area contributed by atoms with Crippen molar-refractivity contribution in [3.63, 3.8) is 0 Å². The van der Waals surface area contributed by atoms with Gasteiger partial charge in [0.25, 0.3) is 0 Å². The van der Waals surface area contributed by atoms with Gasteiger partial charge in [0.05, 0.1) is 43.6 Å². The van der Waals surface area contributed by atoms with Gasteiger partial charge in [0.2, 0.25) is 0 Å². The van der Waals surface area contributed by atoms with E-state index in [1.807, 2.05) is 49.5 Å². The molecule has 3 aromatic heterocycles. The van der Waals surface area contributed by atoms with E-state index in [1.165, 1.54) is 0 Å². The van der Waals surface area contributed by atoms with Crippen molar-refractivity contribution < 1.29 is 9.47 Å². The standard InChI is InChI=1S/C23H25N7O2/c1-15-25-22-18(27-17-5-3-4-6-19(17)31-2)13-21(29-23(22)26-15)28-20-8-7-16(14-24-20)30-9-11-32-12-10-30/h3-8,13-14H,9-12H2,1-2H3,(H3,24,25,26,27,28,29). The van der Waals surface area contributed by atoms with Crippen molar-refractivity contribution in [2.24, 2.45) is 0 Å². The van der Waals surface area contributed by atoms with E-state index < -0.39 is 0 Å². The molecule has 1 aliphatic heterocycles. The number of rotatable bonds is 6. The maximum Gasteiger partial charge on any atom is 0.161 e. The summed E-state index contributed by atoms with van der Waals surface area (Å²) in [5.74, 6) is 2.92. The summed E-state index contributed by atoms with van der Waals surface area (Å²) in [4.78, 5) is 19.3. The van der Waals surface area contributed by atoms with Crippen molar-refractivity contribution in [2.45, 2.75) is 6.92 Å². The Bertz CT molecular complexity index is 1220. The van der Waals surface area contributed by atoms with Crippen molar-refractivity contribution in [1.82, 2.24) is 19.9 Å². The Labute approximate surface area is 185 Å². The van der Waals surface area contributed by atoms with E-state index in [1.54, 1.807) is 7.11 Å². The van der Waals surface area contributed by atoms with Crippen LogP contribution in [-0.2, 0) is 4.74 Å². The molecule has 1 fully saturated rings. The minimum Gasteiger partial charge on any atom is -0.495 e. The van der Waals surface area contributed by atoms with E-state index >= 15 is 0 Å². The molecule has 1 aromatic carbocycles. The van der Waals surface area contributed by atoms with Crippen molar-refractivity contribution in [1.29, 1.82) is 0 Å². The Hall–Kier alpha value is -3.85. The number of morpholine rings is 1. The Kier molecular flexibility index (Phi) is 5.47. The van der Waals surface area contributed by atoms with Gasteiger partial charge in [-0.15, -0.1) is 0 Å². The van der Waals surface area contributed by atoms with Gasteiger partial charge in [-0.2, -0.15) is 0 Å². The second-order valence-corrected chi connectivity index (χ2v) is 7.53. The lowest BCUT2D eigenvalue weighted by Gasteiger charge is -2.28. The van der Waals surface area contributed by atoms with Crippen LogP contribution in [0.15, 0.2) is 48.7 Å². The maximum absolute atomic E-state index is 5.48. The highest BCUT2D eigenvalue weighted by atomic mass is 16.5. The number of imidazole rings is 1. The van der Waals surface area contributed by atoms with E-state index in [9.17, 15) is 0 Å². The van der Waals surface area contributed by atoms with Gasteiger partial charge in [0.1, 0.15) is 28.7 Å². The van der Waals surface area contributed by atoms with Gasteiger partial charge in [-0.25, -0.2) is 15.0 Å². The maximum atomic E-state index is 5.48. The largest absolute Gasteiger partial charge is 0.495 e. The molecule has 1 saturated heterocycles. The van der Waals surface area contributed by atoms with Gasteiger partial charge in [0.15, 0.2) is 5.65 Å². The quantitative estimate of drug-likeness (QED) is 0.421. The summed E-state index contributed by atoms with van der Waals surface area (Å²) >= 11 is 0. The van der Waals surface area contributed by atoms with Crippen LogP contribution in [0, 0.1) is 6.92 Å². The minimum absolute atomic E-state index is 0.658. The molecule has 0 spiro atoms. The highest BCUT2D eigenvalue weighted by Crippen LogP contribution is 2.32. The van der Waals surface area contributed by atoms with Crippen LogP contribution in [-0.4, -0.2) is 53.3 Å². The van der Waals surface area contributed by atoms with Crippen LogP contribution in [0.5, 0.6) is 5.75 Å². The van der Waals surface area contributed by atoms with Gasteiger partial charge in [-0.05, 0) is 31.2 Å². The highest BCUT2D eigenvalue weighted by Gasteiger charge is 2.14. The number of hydrogen-bond acceptors (Lipinski definition) is 8. The van der Waals surface area contributed by atoms with Crippen LogP contribution in [0.2, 0.25) is 0 Å². The van der Waals surface area contributed by atoms with Crippen molar-refractivity contribution in [3.8, 4) is 5.75 Å². The van der Waals surface area contributed by atoms with E-state index in [0.717, 1.165) is 60.5 Å². The second-order valence-electron chi connectivity index (χ2n) is 7.53. The van der Waals surface area contributed by atoms with Gasteiger partial charge in [0, 0.05) is 19.2 Å². The molecule has 0 unspecified atom stereocenters. The average molecular weight is 432 g/mol. The highest BCUT2D eigenvalue weighted by molar-refractivity contribution is 5.91. The predicted molar refractivity (Wildman–Crippen MR) is 125 cm³/mol. The predicted octanol–water partition coefficient (Wildman–Crippen LogP) is 3.99. The summed E-state index contributed by atoms with van der Waals surface area (Å²) in [5.41, 5.74) is 4.20. The van der Waals surface area contributed by atoms with E-state index in [4.69, 9.17) is 9.47 Å². The number of aromatic nitrogens is 4.